The van der Waals surface area contributed by atoms with Crippen molar-refractivity contribution in [3.8, 4) is 5.75 Å². The van der Waals surface area contributed by atoms with Crippen LogP contribution in [0.5, 0.6) is 5.75 Å². The fourth-order valence-electron chi connectivity index (χ4n) is 2.84. The van der Waals surface area contributed by atoms with E-state index in [1.54, 1.807) is 12.1 Å². The Hall–Kier alpha value is -1.58. The van der Waals surface area contributed by atoms with E-state index < -0.39 is 0 Å². The second kappa shape index (κ2) is 11.0. The van der Waals surface area contributed by atoms with E-state index >= 15 is 0 Å². The first kappa shape index (κ1) is 19.5. The zero-order valence-electron chi connectivity index (χ0n) is 14.5. The van der Waals surface area contributed by atoms with Crippen molar-refractivity contribution < 1.29 is 18.7 Å². The van der Waals surface area contributed by atoms with Crippen molar-refractivity contribution >= 4 is 5.97 Å². The van der Waals surface area contributed by atoms with Gasteiger partial charge in [-0.25, -0.2) is 4.39 Å². The van der Waals surface area contributed by atoms with E-state index in [0.717, 1.165) is 12.3 Å². The Morgan fingerprint density at radius 1 is 1.30 bits per heavy atom. The second-order valence-corrected chi connectivity index (χ2v) is 6.06. The molecule has 0 N–H and O–H groups in total. The summed E-state index contributed by atoms with van der Waals surface area (Å²) in [7, 11) is 1.51. The Labute approximate surface area is 139 Å². The van der Waals surface area contributed by atoms with Crippen LogP contribution in [-0.4, -0.2) is 19.2 Å². The van der Waals surface area contributed by atoms with Crippen molar-refractivity contribution in [3.05, 3.63) is 30.1 Å². The molecule has 0 saturated heterocycles. The number of ether oxygens (including phenoxy) is 2. The Morgan fingerprint density at radius 3 is 2.52 bits per heavy atom. The molecular weight excluding hydrogens is 295 g/mol. The van der Waals surface area contributed by atoms with Crippen molar-refractivity contribution in [2.45, 2.75) is 64.9 Å². The summed E-state index contributed by atoms with van der Waals surface area (Å²) in [4.78, 5) is 11.0. The van der Waals surface area contributed by atoms with Crippen LogP contribution in [0.1, 0.15) is 58.8 Å². The van der Waals surface area contributed by atoms with E-state index in [1.165, 1.54) is 51.3 Å². The molecule has 23 heavy (non-hydrogen) atoms. The Bertz CT molecular complexity index is 456. The predicted molar refractivity (Wildman–Crippen MR) is 90.0 cm³/mol. The molecule has 2 rings (SSSR count). The van der Waals surface area contributed by atoms with Crippen LogP contribution in [0.3, 0.4) is 0 Å². The molecule has 1 saturated carbocycles. The van der Waals surface area contributed by atoms with Crippen LogP contribution in [0.4, 0.5) is 4.39 Å². The summed E-state index contributed by atoms with van der Waals surface area (Å²) in [5.74, 6) is 1.01. The highest BCUT2D eigenvalue weighted by Crippen LogP contribution is 2.27. The number of rotatable bonds is 5. The van der Waals surface area contributed by atoms with Crippen molar-refractivity contribution in [1.29, 1.82) is 0 Å². The number of esters is 1. The molecule has 1 aromatic carbocycles. The number of hydrogen-bond acceptors (Lipinski definition) is 3. The minimum absolute atomic E-state index is 0.0618. The summed E-state index contributed by atoms with van der Waals surface area (Å²) in [6.45, 7) is 3.86. The molecular formula is C19H29FO3. The number of methoxy groups -OCH3 is 1. The summed E-state index contributed by atoms with van der Waals surface area (Å²) >= 11 is 0. The van der Waals surface area contributed by atoms with Gasteiger partial charge in [0.2, 0.25) is 0 Å². The third-order valence-corrected chi connectivity index (χ3v) is 4.04. The van der Waals surface area contributed by atoms with Gasteiger partial charge >= 0.3 is 5.97 Å². The standard InChI is InChI=1S/C12H22O2.C7H7FO/c1-3-12(13)14-10(2)9-11-7-5-4-6-8-11;1-9-7-4-2-3-6(8)5-7/h10-11H,3-9H2,1-2H3;2-5H,1H3. The molecule has 1 aliphatic rings. The minimum atomic E-state index is -0.269. The van der Waals surface area contributed by atoms with Gasteiger partial charge in [0.05, 0.1) is 13.2 Å². The van der Waals surface area contributed by atoms with Crippen molar-refractivity contribution in [3.63, 3.8) is 0 Å². The summed E-state index contributed by atoms with van der Waals surface area (Å²) in [5, 5.41) is 0. The van der Waals surface area contributed by atoms with Crippen LogP contribution in [0.2, 0.25) is 0 Å². The van der Waals surface area contributed by atoms with Gasteiger partial charge in [-0.15, -0.1) is 0 Å². The largest absolute Gasteiger partial charge is 0.497 e. The molecule has 0 aliphatic heterocycles. The van der Waals surface area contributed by atoms with E-state index in [0.29, 0.717) is 12.2 Å². The summed E-state index contributed by atoms with van der Waals surface area (Å²) in [6, 6.07) is 6.01. The lowest BCUT2D eigenvalue weighted by atomic mass is 9.86. The molecule has 3 nitrogen and oxygen atoms in total. The normalized spacial score (nSPS) is 16.0. The monoisotopic (exact) mass is 324 g/mol. The smallest absolute Gasteiger partial charge is 0.305 e. The molecule has 130 valence electrons. The Balaban J connectivity index is 0.000000253. The predicted octanol–water partition coefficient (Wildman–Crippen LogP) is 5.13. The van der Waals surface area contributed by atoms with E-state index in [9.17, 15) is 9.18 Å². The minimum Gasteiger partial charge on any atom is -0.497 e. The van der Waals surface area contributed by atoms with Crippen molar-refractivity contribution in [1.82, 2.24) is 0 Å². The van der Waals surface area contributed by atoms with Gasteiger partial charge in [-0.2, -0.15) is 0 Å². The zero-order valence-corrected chi connectivity index (χ0v) is 14.5. The maximum Gasteiger partial charge on any atom is 0.305 e. The fraction of sp³-hybridized carbons (Fsp3) is 0.632. The highest BCUT2D eigenvalue weighted by molar-refractivity contribution is 5.69. The van der Waals surface area contributed by atoms with Gasteiger partial charge in [0, 0.05) is 12.5 Å². The molecule has 4 heteroatoms. The molecule has 1 unspecified atom stereocenters. The average Bonchev–Trinajstić information content (AvgIpc) is 2.56. The lowest BCUT2D eigenvalue weighted by Gasteiger charge is -2.24. The zero-order chi connectivity index (χ0) is 17.1. The molecule has 0 amide bonds. The first-order chi connectivity index (χ1) is 11.0. The van der Waals surface area contributed by atoms with E-state index in [4.69, 9.17) is 9.47 Å². The van der Waals surface area contributed by atoms with Gasteiger partial charge in [-0.05, 0) is 31.4 Å². The number of carbonyl (C=O) groups excluding carboxylic acids is 1. The third kappa shape index (κ3) is 8.58. The molecule has 0 heterocycles. The summed E-state index contributed by atoms with van der Waals surface area (Å²) in [5.41, 5.74) is 0. The molecule has 0 bridgehead atoms. The maximum atomic E-state index is 12.3. The fourth-order valence-corrected chi connectivity index (χ4v) is 2.84. The van der Waals surface area contributed by atoms with Crippen molar-refractivity contribution in [2.24, 2.45) is 5.92 Å². The number of benzene rings is 1. The van der Waals surface area contributed by atoms with Gasteiger partial charge in [0.25, 0.3) is 0 Å². The van der Waals surface area contributed by atoms with Crippen LogP contribution in [0, 0.1) is 11.7 Å². The Kier molecular flexibility index (Phi) is 9.34. The quantitative estimate of drug-likeness (QED) is 0.704. The highest BCUT2D eigenvalue weighted by Gasteiger charge is 2.18. The molecule has 0 aromatic heterocycles. The van der Waals surface area contributed by atoms with Crippen LogP contribution < -0.4 is 4.74 Å². The first-order valence-corrected chi connectivity index (χ1v) is 8.54. The van der Waals surface area contributed by atoms with E-state index in [-0.39, 0.29) is 17.9 Å². The molecule has 1 aliphatic carbocycles. The third-order valence-electron chi connectivity index (χ3n) is 4.04. The lowest BCUT2D eigenvalue weighted by Crippen LogP contribution is -2.19. The van der Waals surface area contributed by atoms with Gasteiger partial charge in [0.15, 0.2) is 0 Å². The van der Waals surface area contributed by atoms with Gasteiger partial charge in [-0.3, -0.25) is 4.79 Å². The van der Waals surface area contributed by atoms with Gasteiger partial charge in [-0.1, -0.05) is 45.1 Å². The molecule has 0 spiro atoms. The van der Waals surface area contributed by atoms with E-state index in [2.05, 4.69) is 0 Å². The Morgan fingerprint density at radius 2 is 2.00 bits per heavy atom. The molecule has 1 fully saturated rings. The number of hydrogen-bond donors (Lipinski definition) is 0. The van der Waals surface area contributed by atoms with Crippen LogP contribution in [0.15, 0.2) is 24.3 Å². The number of halogens is 1. The van der Waals surface area contributed by atoms with Crippen molar-refractivity contribution in [2.75, 3.05) is 7.11 Å². The molecule has 0 radical (unpaired) electrons. The van der Waals surface area contributed by atoms with Gasteiger partial charge in [0.1, 0.15) is 11.6 Å². The molecule has 1 atom stereocenters. The van der Waals surface area contributed by atoms with Gasteiger partial charge < -0.3 is 9.47 Å². The van der Waals surface area contributed by atoms with Crippen LogP contribution in [0.25, 0.3) is 0 Å². The van der Waals surface area contributed by atoms with E-state index in [1.807, 2.05) is 13.8 Å². The molecule has 1 aromatic rings. The summed E-state index contributed by atoms with van der Waals surface area (Å²) < 4.78 is 22.3. The lowest BCUT2D eigenvalue weighted by molar-refractivity contribution is -0.148. The highest BCUT2D eigenvalue weighted by atomic mass is 19.1. The second-order valence-electron chi connectivity index (χ2n) is 6.06. The van der Waals surface area contributed by atoms with Crippen LogP contribution >= 0.6 is 0 Å². The van der Waals surface area contributed by atoms with Crippen LogP contribution in [-0.2, 0) is 9.53 Å². The summed E-state index contributed by atoms with van der Waals surface area (Å²) in [6.07, 6.45) is 8.44. The average molecular weight is 324 g/mol. The maximum absolute atomic E-state index is 12.3. The number of carbonyl (C=O) groups is 1. The topological polar surface area (TPSA) is 35.5 Å². The first-order valence-electron chi connectivity index (χ1n) is 8.54. The SMILES string of the molecule is CCC(=O)OC(C)CC1CCCCC1.COc1cccc(F)c1.